The predicted molar refractivity (Wildman–Crippen MR) is 69.0 cm³/mol. The van der Waals surface area contributed by atoms with Crippen molar-refractivity contribution < 1.29 is 4.39 Å². The van der Waals surface area contributed by atoms with Crippen molar-refractivity contribution in [1.82, 2.24) is 20.2 Å². The molecule has 19 heavy (non-hydrogen) atoms. The van der Waals surface area contributed by atoms with Gasteiger partial charge in [-0.3, -0.25) is 0 Å². The van der Waals surface area contributed by atoms with E-state index in [4.69, 9.17) is 5.73 Å². The first-order valence-corrected chi connectivity index (χ1v) is 5.65. The number of rotatable bonds is 2. The Morgan fingerprint density at radius 3 is 2.68 bits per heavy atom. The van der Waals surface area contributed by atoms with Crippen molar-refractivity contribution in [2.24, 2.45) is 0 Å². The van der Waals surface area contributed by atoms with Crippen LogP contribution in [0.5, 0.6) is 0 Å². The molecule has 0 saturated carbocycles. The average molecular weight is 255 g/mol. The fourth-order valence-corrected chi connectivity index (χ4v) is 1.83. The molecule has 1 aromatic heterocycles. The van der Waals surface area contributed by atoms with Gasteiger partial charge in [-0.1, -0.05) is 24.3 Å². The highest BCUT2D eigenvalue weighted by Gasteiger charge is 2.13. The Labute approximate surface area is 108 Å². The minimum absolute atomic E-state index is 0.296. The number of tetrazole rings is 1. The van der Waals surface area contributed by atoms with Gasteiger partial charge in [0.1, 0.15) is 11.5 Å². The van der Waals surface area contributed by atoms with Gasteiger partial charge in [0.05, 0.1) is 0 Å². The average Bonchev–Trinajstić information content (AvgIpc) is 2.88. The molecule has 1 heterocycles. The Morgan fingerprint density at radius 1 is 1.05 bits per heavy atom. The molecule has 0 aliphatic heterocycles. The number of anilines is 1. The summed E-state index contributed by atoms with van der Waals surface area (Å²) in [5.41, 5.74) is 7.36. The summed E-state index contributed by atoms with van der Waals surface area (Å²) in [7, 11) is 0. The smallest absolute Gasteiger partial charge is 0.187 e. The summed E-state index contributed by atoms with van der Waals surface area (Å²) >= 11 is 0. The van der Waals surface area contributed by atoms with Gasteiger partial charge in [-0.15, -0.1) is 5.10 Å². The molecule has 0 spiro atoms. The maximum Gasteiger partial charge on any atom is 0.187 e. The summed E-state index contributed by atoms with van der Waals surface area (Å²) in [5, 5.41) is 11.4. The van der Waals surface area contributed by atoms with Crippen LogP contribution in [0.4, 0.5) is 10.1 Å². The second kappa shape index (κ2) is 4.49. The lowest BCUT2D eigenvalue weighted by molar-refractivity contribution is 0.608. The number of nitrogens with two attached hydrogens (primary N) is 1. The number of nitrogen functional groups attached to an aromatic ring is 1. The van der Waals surface area contributed by atoms with E-state index in [2.05, 4.69) is 15.5 Å². The predicted octanol–water partition coefficient (Wildman–Crippen LogP) is 2.05. The van der Waals surface area contributed by atoms with Crippen LogP contribution in [0.3, 0.4) is 0 Å². The van der Waals surface area contributed by atoms with Crippen LogP contribution in [0.15, 0.2) is 48.5 Å². The van der Waals surface area contributed by atoms with Crippen molar-refractivity contribution in [3.63, 3.8) is 0 Å². The number of nitrogens with zero attached hydrogens (tertiary/aromatic N) is 4. The first kappa shape index (κ1) is 11.3. The van der Waals surface area contributed by atoms with Crippen LogP contribution in [0.25, 0.3) is 17.1 Å². The van der Waals surface area contributed by atoms with E-state index < -0.39 is 0 Å². The molecular formula is C13H10FN5. The molecule has 0 radical (unpaired) electrons. The van der Waals surface area contributed by atoms with Gasteiger partial charge in [-0.25, -0.2) is 4.39 Å². The van der Waals surface area contributed by atoms with Crippen molar-refractivity contribution in [1.29, 1.82) is 0 Å². The molecule has 3 rings (SSSR count). The molecule has 94 valence electrons. The Balaban J connectivity index is 2.16. The number of aromatic nitrogens is 4. The van der Waals surface area contributed by atoms with Crippen LogP contribution >= 0.6 is 0 Å². The Kier molecular flexibility index (Phi) is 2.68. The monoisotopic (exact) mass is 255 g/mol. The van der Waals surface area contributed by atoms with Crippen molar-refractivity contribution in [3.05, 3.63) is 54.3 Å². The number of hydrogen-bond acceptors (Lipinski definition) is 4. The van der Waals surface area contributed by atoms with E-state index in [-0.39, 0.29) is 5.82 Å². The van der Waals surface area contributed by atoms with E-state index >= 15 is 0 Å². The molecule has 0 aliphatic carbocycles. The summed E-state index contributed by atoms with van der Waals surface area (Å²) in [6, 6.07) is 13.4. The second-order valence-electron chi connectivity index (χ2n) is 3.99. The number of hydrogen-bond donors (Lipinski definition) is 1. The molecule has 5 nitrogen and oxygen atoms in total. The Morgan fingerprint density at radius 2 is 1.89 bits per heavy atom. The van der Waals surface area contributed by atoms with Crippen LogP contribution in [0.2, 0.25) is 0 Å². The molecule has 0 bridgehead atoms. The van der Waals surface area contributed by atoms with Crippen molar-refractivity contribution in [2.75, 3.05) is 5.73 Å². The van der Waals surface area contributed by atoms with Gasteiger partial charge in [0, 0.05) is 11.3 Å². The standard InChI is InChI=1S/C13H10FN5/c14-11-6-1-2-7-12(11)19-13(16-17-18-19)9-4-3-5-10(15)8-9/h1-8H,15H2. The van der Waals surface area contributed by atoms with Gasteiger partial charge in [-0.05, 0) is 34.7 Å². The van der Waals surface area contributed by atoms with Crippen molar-refractivity contribution in [3.8, 4) is 17.1 Å². The first-order valence-electron chi connectivity index (χ1n) is 5.65. The third kappa shape index (κ3) is 2.03. The van der Waals surface area contributed by atoms with Gasteiger partial charge < -0.3 is 5.73 Å². The van der Waals surface area contributed by atoms with Crippen LogP contribution in [-0.2, 0) is 0 Å². The van der Waals surface area contributed by atoms with Gasteiger partial charge in [0.2, 0.25) is 0 Å². The summed E-state index contributed by atoms with van der Waals surface area (Å²) in [6.07, 6.45) is 0. The highest BCUT2D eigenvalue weighted by Crippen LogP contribution is 2.22. The molecule has 0 amide bonds. The SMILES string of the molecule is Nc1cccc(-c2nnnn2-c2ccccc2F)c1. The van der Waals surface area contributed by atoms with Gasteiger partial charge in [0.15, 0.2) is 5.82 Å². The fraction of sp³-hybridized carbons (Fsp3) is 0. The topological polar surface area (TPSA) is 69.6 Å². The Bertz CT molecular complexity index is 722. The van der Waals surface area contributed by atoms with Crippen LogP contribution in [0, 0.1) is 5.82 Å². The van der Waals surface area contributed by atoms with Crippen molar-refractivity contribution >= 4 is 5.69 Å². The first-order chi connectivity index (χ1) is 9.25. The molecule has 0 fully saturated rings. The quantitative estimate of drug-likeness (QED) is 0.711. The maximum atomic E-state index is 13.8. The zero-order chi connectivity index (χ0) is 13.2. The van der Waals surface area contributed by atoms with E-state index in [1.165, 1.54) is 10.7 Å². The molecule has 0 aliphatic rings. The second-order valence-corrected chi connectivity index (χ2v) is 3.99. The van der Waals surface area contributed by atoms with Crippen molar-refractivity contribution in [2.45, 2.75) is 0 Å². The van der Waals surface area contributed by atoms with E-state index in [0.29, 0.717) is 17.2 Å². The largest absolute Gasteiger partial charge is 0.399 e. The zero-order valence-corrected chi connectivity index (χ0v) is 9.86. The highest BCUT2D eigenvalue weighted by molar-refractivity contribution is 5.62. The molecular weight excluding hydrogens is 245 g/mol. The van der Waals surface area contributed by atoms with Crippen LogP contribution < -0.4 is 5.73 Å². The third-order valence-corrected chi connectivity index (χ3v) is 2.69. The maximum absolute atomic E-state index is 13.8. The fourth-order valence-electron chi connectivity index (χ4n) is 1.83. The lowest BCUT2D eigenvalue weighted by Crippen LogP contribution is -2.02. The van der Waals surface area contributed by atoms with E-state index in [9.17, 15) is 4.39 Å². The minimum Gasteiger partial charge on any atom is -0.399 e. The van der Waals surface area contributed by atoms with Crippen LogP contribution in [-0.4, -0.2) is 20.2 Å². The van der Waals surface area contributed by atoms with Gasteiger partial charge in [-0.2, -0.15) is 4.68 Å². The normalized spacial score (nSPS) is 10.6. The lowest BCUT2D eigenvalue weighted by atomic mass is 10.2. The van der Waals surface area contributed by atoms with Crippen LogP contribution in [0.1, 0.15) is 0 Å². The summed E-state index contributed by atoms with van der Waals surface area (Å²) in [5.74, 6) is 0.0531. The number of para-hydroxylation sites is 1. The van der Waals surface area contributed by atoms with E-state index in [0.717, 1.165) is 5.56 Å². The summed E-state index contributed by atoms with van der Waals surface area (Å²) in [6.45, 7) is 0. The lowest BCUT2D eigenvalue weighted by Gasteiger charge is -2.05. The Hall–Kier alpha value is -2.76. The minimum atomic E-state index is -0.389. The summed E-state index contributed by atoms with van der Waals surface area (Å²) < 4.78 is 15.1. The molecule has 2 N–H and O–H groups in total. The molecule has 0 unspecified atom stereocenters. The summed E-state index contributed by atoms with van der Waals surface area (Å²) in [4.78, 5) is 0. The van der Waals surface area contributed by atoms with Gasteiger partial charge in [0.25, 0.3) is 0 Å². The molecule has 0 saturated heterocycles. The molecule has 2 aromatic carbocycles. The number of benzene rings is 2. The molecule has 6 heteroatoms. The van der Waals surface area contributed by atoms with E-state index in [1.54, 1.807) is 36.4 Å². The third-order valence-electron chi connectivity index (χ3n) is 2.69. The molecule has 0 atom stereocenters. The highest BCUT2D eigenvalue weighted by atomic mass is 19.1. The number of halogens is 1. The zero-order valence-electron chi connectivity index (χ0n) is 9.86. The van der Waals surface area contributed by atoms with Gasteiger partial charge >= 0.3 is 0 Å². The molecule has 3 aromatic rings. The van der Waals surface area contributed by atoms with E-state index in [1.807, 2.05) is 6.07 Å².